The molecule has 2 amide bonds. The molecule has 0 radical (unpaired) electrons. The summed E-state index contributed by atoms with van der Waals surface area (Å²) in [7, 11) is 0. The number of nitrogens with zero attached hydrogens (tertiary/aromatic N) is 1. The van der Waals surface area contributed by atoms with Gasteiger partial charge in [0.25, 0.3) is 0 Å². The number of rotatable bonds is 5. The van der Waals surface area contributed by atoms with Crippen LogP contribution in [0.15, 0.2) is 0 Å². The Kier molecular flexibility index (Phi) is 4.99. The minimum absolute atomic E-state index is 0.114. The van der Waals surface area contributed by atoms with Crippen LogP contribution in [-0.4, -0.2) is 40.6 Å². The number of urea groups is 1. The van der Waals surface area contributed by atoms with Crippen LogP contribution in [0.1, 0.15) is 46.5 Å². The Hall–Kier alpha value is -1.26. The summed E-state index contributed by atoms with van der Waals surface area (Å²) in [6, 6.07) is -0.144. The number of carboxylic acid groups (broad SMARTS) is 1. The van der Waals surface area contributed by atoms with E-state index in [4.69, 9.17) is 5.11 Å². The Morgan fingerprint density at radius 1 is 1.39 bits per heavy atom. The normalized spacial score (nSPS) is 19.3. The van der Waals surface area contributed by atoms with Crippen LogP contribution in [-0.2, 0) is 4.79 Å². The fourth-order valence-electron chi connectivity index (χ4n) is 2.38. The summed E-state index contributed by atoms with van der Waals surface area (Å²) < 4.78 is 0. The third-order valence-corrected chi connectivity index (χ3v) is 3.70. The van der Waals surface area contributed by atoms with Gasteiger partial charge in [-0.05, 0) is 26.7 Å². The van der Waals surface area contributed by atoms with Gasteiger partial charge in [0.05, 0.1) is 5.92 Å². The zero-order valence-electron chi connectivity index (χ0n) is 11.5. The van der Waals surface area contributed by atoms with Crippen molar-refractivity contribution in [3.63, 3.8) is 0 Å². The molecule has 1 atom stereocenters. The summed E-state index contributed by atoms with van der Waals surface area (Å²) in [5.74, 6) is -1.40. The van der Waals surface area contributed by atoms with Crippen molar-refractivity contribution < 1.29 is 14.7 Å². The molecule has 1 fully saturated rings. The summed E-state index contributed by atoms with van der Waals surface area (Å²) in [6.07, 6.45) is 4.30. The number of carbonyl (C=O) groups excluding carboxylic acids is 1. The first-order valence-electron chi connectivity index (χ1n) is 6.68. The first-order valence-corrected chi connectivity index (χ1v) is 6.68. The van der Waals surface area contributed by atoms with E-state index in [1.54, 1.807) is 11.8 Å². The summed E-state index contributed by atoms with van der Waals surface area (Å²) >= 11 is 0. The molecule has 2 N–H and O–H groups in total. The van der Waals surface area contributed by atoms with Crippen molar-refractivity contribution in [3.8, 4) is 0 Å². The van der Waals surface area contributed by atoms with Crippen molar-refractivity contribution in [2.24, 2.45) is 5.92 Å². The molecule has 5 heteroatoms. The van der Waals surface area contributed by atoms with Gasteiger partial charge in [0.15, 0.2) is 0 Å². The quantitative estimate of drug-likeness (QED) is 0.791. The molecule has 1 aliphatic rings. The van der Waals surface area contributed by atoms with Crippen LogP contribution in [0.2, 0.25) is 0 Å². The molecule has 0 spiro atoms. The number of carboxylic acids is 1. The van der Waals surface area contributed by atoms with E-state index in [0.717, 1.165) is 25.7 Å². The molecule has 0 bridgehead atoms. The second-order valence-electron chi connectivity index (χ2n) is 5.48. The maximum atomic E-state index is 12.1. The Labute approximate surface area is 109 Å². The van der Waals surface area contributed by atoms with Crippen molar-refractivity contribution >= 4 is 12.0 Å². The standard InChI is InChI=1S/C13H24N2O3/c1-4-15(9-10(2)11(16)17)12(18)14-13(3)7-5-6-8-13/h10H,4-9H2,1-3H3,(H,14,18)(H,16,17). The van der Waals surface area contributed by atoms with Gasteiger partial charge in [-0.15, -0.1) is 0 Å². The maximum Gasteiger partial charge on any atom is 0.317 e. The lowest BCUT2D eigenvalue weighted by Gasteiger charge is -2.30. The second-order valence-corrected chi connectivity index (χ2v) is 5.48. The summed E-state index contributed by atoms with van der Waals surface area (Å²) in [4.78, 5) is 24.5. The minimum Gasteiger partial charge on any atom is -0.481 e. The van der Waals surface area contributed by atoms with Gasteiger partial charge in [0.1, 0.15) is 0 Å². The number of hydrogen-bond acceptors (Lipinski definition) is 2. The third kappa shape index (κ3) is 3.89. The number of carbonyl (C=O) groups is 2. The largest absolute Gasteiger partial charge is 0.481 e. The average Bonchev–Trinajstić information content (AvgIpc) is 2.71. The van der Waals surface area contributed by atoms with Crippen LogP contribution in [0.25, 0.3) is 0 Å². The molecule has 1 unspecified atom stereocenters. The van der Waals surface area contributed by atoms with Crippen LogP contribution in [0.4, 0.5) is 4.79 Å². The molecule has 0 heterocycles. The van der Waals surface area contributed by atoms with Crippen LogP contribution >= 0.6 is 0 Å². The highest BCUT2D eigenvalue weighted by atomic mass is 16.4. The Bertz CT molecular complexity index is 311. The maximum absolute atomic E-state index is 12.1. The minimum atomic E-state index is -0.867. The molecule has 0 aromatic carbocycles. The van der Waals surface area contributed by atoms with Crippen LogP contribution in [0.5, 0.6) is 0 Å². The predicted molar refractivity (Wildman–Crippen MR) is 69.5 cm³/mol. The monoisotopic (exact) mass is 256 g/mol. The smallest absolute Gasteiger partial charge is 0.317 e. The fraction of sp³-hybridized carbons (Fsp3) is 0.846. The zero-order chi connectivity index (χ0) is 13.8. The summed E-state index contributed by atoms with van der Waals surface area (Å²) in [5, 5.41) is 11.9. The predicted octanol–water partition coefficient (Wildman–Crippen LogP) is 2.07. The summed E-state index contributed by atoms with van der Waals surface area (Å²) in [6.45, 7) is 6.33. The van der Waals surface area contributed by atoms with E-state index in [0.29, 0.717) is 6.54 Å². The van der Waals surface area contributed by atoms with E-state index in [-0.39, 0.29) is 18.1 Å². The number of nitrogens with one attached hydrogen (secondary N) is 1. The van der Waals surface area contributed by atoms with Gasteiger partial charge in [-0.25, -0.2) is 4.79 Å². The number of aliphatic carboxylic acids is 1. The van der Waals surface area contributed by atoms with Crippen molar-refractivity contribution in [2.45, 2.75) is 52.0 Å². The zero-order valence-corrected chi connectivity index (χ0v) is 11.5. The molecule has 0 saturated heterocycles. The second kappa shape index (κ2) is 6.07. The Balaban J connectivity index is 2.54. The highest BCUT2D eigenvalue weighted by Crippen LogP contribution is 2.29. The van der Waals surface area contributed by atoms with Gasteiger partial charge in [0, 0.05) is 18.6 Å². The molecule has 1 aliphatic carbocycles. The van der Waals surface area contributed by atoms with E-state index in [9.17, 15) is 9.59 Å². The van der Waals surface area contributed by atoms with E-state index in [1.807, 2.05) is 6.92 Å². The number of hydrogen-bond donors (Lipinski definition) is 2. The van der Waals surface area contributed by atoms with Crippen molar-refractivity contribution in [2.75, 3.05) is 13.1 Å². The van der Waals surface area contributed by atoms with Gasteiger partial charge in [-0.1, -0.05) is 19.8 Å². The molecule has 18 heavy (non-hydrogen) atoms. The van der Waals surface area contributed by atoms with Gasteiger partial charge in [0.2, 0.25) is 0 Å². The van der Waals surface area contributed by atoms with E-state index >= 15 is 0 Å². The van der Waals surface area contributed by atoms with Crippen LogP contribution in [0.3, 0.4) is 0 Å². The van der Waals surface area contributed by atoms with Crippen LogP contribution < -0.4 is 5.32 Å². The SMILES string of the molecule is CCN(CC(C)C(=O)O)C(=O)NC1(C)CCCC1. The highest BCUT2D eigenvalue weighted by molar-refractivity contribution is 5.76. The molecule has 0 aliphatic heterocycles. The molecule has 1 rings (SSSR count). The number of amides is 2. The third-order valence-electron chi connectivity index (χ3n) is 3.70. The molecular weight excluding hydrogens is 232 g/mol. The summed E-state index contributed by atoms with van der Waals surface area (Å²) in [5.41, 5.74) is -0.114. The molecule has 0 aromatic heterocycles. The van der Waals surface area contributed by atoms with Crippen molar-refractivity contribution in [3.05, 3.63) is 0 Å². The first kappa shape index (κ1) is 14.8. The average molecular weight is 256 g/mol. The first-order chi connectivity index (χ1) is 8.38. The van der Waals surface area contributed by atoms with Gasteiger partial charge < -0.3 is 15.3 Å². The van der Waals surface area contributed by atoms with E-state index in [1.165, 1.54) is 0 Å². The van der Waals surface area contributed by atoms with Crippen LogP contribution in [0, 0.1) is 5.92 Å². The van der Waals surface area contributed by atoms with Crippen molar-refractivity contribution in [1.29, 1.82) is 0 Å². The lowest BCUT2D eigenvalue weighted by Crippen LogP contribution is -2.51. The highest BCUT2D eigenvalue weighted by Gasteiger charge is 2.31. The van der Waals surface area contributed by atoms with E-state index < -0.39 is 11.9 Å². The van der Waals surface area contributed by atoms with Gasteiger partial charge in [-0.3, -0.25) is 4.79 Å². The molecule has 5 nitrogen and oxygen atoms in total. The van der Waals surface area contributed by atoms with Gasteiger partial charge >= 0.3 is 12.0 Å². The molecule has 1 saturated carbocycles. The Morgan fingerprint density at radius 3 is 2.39 bits per heavy atom. The van der Waals surface area contributed by atoms with Crippen molar-refractivity contribution in [1.82, 2.24) is 10.2 Å². The topological polar surface area (TPSA) is 69.6 Å². The van der Waals surface area contributed by atoms with E-state index in [2.05, 4.69) is 12.2 Å². The lowest BCUT2D eigenvalue weighted by molar-refractivity contribution is -0.141. The molecule has 0 aromatic rings. The van der Waals surface area contributed by atoms with Gasteiger partial charge in [-0.2, -0.15) is 0 Å². The molecule has 104 valence electrons. The fourth-order valence-corrected chi connectivity index (χ4v) is 2.38. The Morgan fingerprint density at radius 2 is 1.94 bits per heavy atom. The molecular formula is C13H24N2O3. The lowest BCUT2D eigenvalue weighted by atomic mass is 10.0.